The number of rotatable bonds is 1. The SMILES string of the molecule is C[C@@H]1C[C@H]2C[C@@](O)(C1)C[C@@H](C)[C@H]2C1=NN2CCC(C)(C)OB2c2cnc3[nH]ccc3c21. The Balaban J connectivity index is 1.51. The highest BCUT2D eigenvalue weighted by molar-refractivity contribution is 6.68. The highest BCUT2D eigenvalue weighted by atomic mass is 16.5. The number of aromatic amines is 1. The van der Waals surface area contributed by atoms with Crippen molar-refractivity contribution < 1.29 is 9.76 Å². The molecule has 2 aliphatic heterocycles. The Morgan fingerprint density at radius 3 is 2.94 bits per heavy atom. The van der Waals surface area contributed by atoms with E-state index in [0.717, 1.165) is 48.7 Å². The van der Waals surface area contributed by atoms with Gasteiger partial charge in [0.1, 0.15) is 5.65 Å². The van der Waals surface area contributed by atoms with E-state index in [2.05, 4.69) is 43.7 Å². The smallest absolute Gasteiger partial charge is 0.407 e. The fourth-order valence-electron chi connectivity index (χ4n) is 7.20. The van der Waals surface area contributed by atoms with E-state index in [0.29, 0.717) is 23.7 Å². The first-order valence-corrected chi connectivity index (χ1v) is 11.9. The van der Waals surface area contributed by atoms with E-state index >= 15 is 0 Å². The zero-order valence-corrected chi connectivity index (χ0v) is 19.1. The largest absolute Gasteiger partial charge is 0.471 e. The lowest BCUT2D eigenvalue weighted by Crippen LogP contribution is -2.62. The summed E-state index contributed by atoms with van der Waals surface area (Å²) in [5, 5.41) is 17.7. The quantitative estimate of drug-likeness (QED) is 0.695. The van der Waals surface area contributed by atoms with E-state index in [4.69, 9.17) is 14.7 Å². The van der Waals surface area contributed by atoms with Gasteiger partial charge in [0, 0.05) is 46.9 Å². The molecule has 4 aliphatic rings. The molecule has 7 heteroatoms. The summed E-state index contributed by atoms with van der Waals surface area (Å²) in [6, 6.07) is 2.13. The molecule has 3 fully saturated rings. The van der Waals surface area contributed by atoms with E-state index in [9.17, 15) is 5.11 Å². The fraction of sp³-hybridized carbons (Fsp3) is 0.667. The lowest BCUT2D eigenvalue weighted by atomic mass is 9.55. The molecular weight excluding hydrogens is 387 g/mol. The molecule has 0 spiro atoms. The number of H-pyrrole nitrogens is 1. The molecular formula is C24H33BN4O2. The van der Waals surface area contributed by atoms with Crippen molar-refractivity contribution in [3.63, 3.8) is 0 Å². The van der Waals surface area contributed by atoms with Crippen LogP contribution in [0.2, 0.25) is 0 Å². The topological polar surface area (TPSA) is 73.7 Å². The van der Waals surface area contributed by atoms with Crippen molar-refractivity contribution in [2.75, 3.05) is 6.54 Å². The molecule has 2 aromatic rings. The Labute approximate surface area is 184 Å². The maximum atomic E-state index is 11.3. The van der Waals surface area contributed by atoms with Gasteiger partial charge in [-0.1, -0.05) is 13.8 Å². The van der Waals surface area contributed by atoms with Crippen LogP contribution in [0.1, 0.15) is 65.4 Å². The second kappa shape index (κ2) is 6.58. The van der Waals surface area contributed by atoms with Crippen molar-refractivity contribution in [2.24, 2.45) is 28.8 Å². The van der Waals surface area contributed by atoms with E-state index in [-0.39, 0.29) is 12.7 Å². The molecule has 0 amide bonds. The highest BCUT2D eigenvalue weighted by Gasteiger charge is 2.52. The third-order valence-corrected chi connectivity index (χ3v) is 8.23. The third kappa shape index (κ3) is 3.07. The number of aromatic nitrogens is 2. The average molecular weight is 420 g/mol. The molecule has 6 nitrogen and oxygen atoms in total. The number of aliphatic hydroxyl groups is 1. The maximum absolute atomic E-state index is 11.3. The number of nitrogens with one attached hydrogen (secondary N) is 1. The summed E-state index contributed by atoms with van der Waals surface area (Å²) >= 11 is 0. The highest BCUT2D eigenvalue weighted by Crippen LogP contribution is 2.51. The van der Waals surface area contributed by atoms with Crippen molar-refractivity contribution in [1.82, 2.24) is 14.9 Å². The summed E-state index contributed by atoms with van der Waals surface area (Å²) in [4.78, 5) is 10.2. The number of hydrazone groups is 1. The summed E-state index contributed by atoms with van der Waals surface area (Å²) in [7, 11) is -0.185. The second-order valence-electron chi connectivity index (χ2n) is 11.4. The lowest BCUT2D eigenvalue weighted by Gasteiger charge is -2.52. The Morgan fingerprint density at radius 2 is 2.10 bits per heavy atom. The van der Waals surface area contributed by atoms with Gasteiger partial charge in [-0.05, 0) is 69.8 Å². The Morgan fingerprint density at radius 1 is 1.26 bits per heavy atom. The molecule has 164 valence electrons. The Kier molecular flexibility index (Phi) is 4.20. The average Bonchev–Trinajstić information content (AvgIpc) is 3.15. The van der Waals surface area contributed by atoms with E-state index in [1.165, 1.54) is 17.7 Å². The first-order chi connectivity index (χ1) is 14.7. The van der Waals surface area contributed by atoms with Gasteiger partial charge in [0.25, 0.3) is 0 Å². The number of hydrogen-bond donors (Lipinski definition) is 2. The van der Waals surface area contributed by atoms with Crippen LogP contribution in [0.25, 0.3) is 11.0 Å². The van der Waals surface area contributed by atoms with Crippen LogP contribution < -0.4 is 5.46 Å². The molecule has 0 aromatic carbocycles. The van der Waals surface area contributed by atoms with Crippen LogP contribution in [-0.2, 0) is 4.65 Å². The summed E-state index contributed by atoms with van der Waals surface area (Å²) in [6.07, 6.45) is 8.79. The van der Waals surface area contributed by atoms with Crippen LogP contribution in [0.3, 0.4) is 0 Å². The van der Waals surface area contributed by atoms with Crippen molar-refractivity contribution in [3.05, 3.63) is 24.0 Å². The molecule has 31 heavy (non-hydrogen) atoms. The van der Waals surface area contributed by atoms with Crippen LogP contribution in [0.4, 0.5) is 0 Å². The molecule has 2 bridgehead atoms. The summed E-state index contributed by atoms with van der Waals surface area (Å²) < 4.78 is 6.54. The lowest BCUT2D eigenvalue weighted by molar-refractivity contribution is -0.0919. The van der Waals surface area contributed by atoms with Gasteiger partial charge in [0.2, 0.25) is 0 Å². The van der Waals surface area contributed by atoms with E-state index < -0.39 is 5.60 Å². The minimum Gasteiger partial charge on any atom is -0.407 e. The minimum atomic E-state index is -0.501. The van der Waals surface area contributed by atoms with Gasteiger partial charge in [0.15, 0.2) is 0 Å². The van der Waals surface area contributed by atoms with Gasteiger partial charge in [-0.3, -0.25) is 0 Å². The van der Waals surface area contributed by atoms with Crippen molar-refractivity contribution in [2.45, 2.75) is 71.0 Å². The number of fused-ring (bicyclic) bond motifs is 7. The summed E-state index contributed by atoms with van der Waals surface area (Å²) in [5.74, 6) is 1.76. The monoisotopic (exact) mass is 420 g/mol. The molecule has 2 aromatic heterocycles. The van der Waals surface area contributed by atoms with Crippen molar-refractivity contribution in [3.8, 4) is 0 Å². The van der Waals surface area contributed by atoms with Crippen LogP contribution in [0.15, 0.2) is 23.6 Å². The molecule has 0 unspecified atom stereocenters. The molecule has 2 aliphatic carbocycles. The standard InChI is InChI=1S/C24H33BN4O2/c1-14-9-16-12-24(30,10-14)11-15(2)19(16)21-20-17-5-7-26-22(17)27-13-18(20)25-29(28-21)8-6-23(3,4)31-25/h5,7,13-16,19,30H,6,8-12H2,1-4H3,(H,26,27)/t14-,15-,16+,19-,24-/m1/s1. The maximum Gasteiger partial charge on any atom is 0.471 e. The summed E-state index contributed by atoms with van der Waals surface area (Å²) in [5.41, 5.74) is 3.78. The minimum absolute atomic E-state index is 0.175. The molecule has 2 N–H and O–H groups in total. The first kappa shape index (κ1) is 19.8. The fourth-order valence-corrected chi connectivity index (χ4v) is 7.20. The molecule has 2 saturated carbocycles. The van der Waals surface area contributed by atoms with Gasteiger partial charge >= 0.3 is 7.05 Å². The van der Waals surface area contributed by atoms with Gasteiger partial charge < -0.3 is 19.7 Å². The molecule has 6 rings (SSSR count). The van der Waals surface area contributed by atoms with Gasteiger partial charge in [-0.2, -0.15) is 5.10 Å². The summed E-state index contributed by atoms with van der Waals surface area (Å²) in [6.45, 7) is 9.83. The van der Waals surface area contributed by atoms with Gasteiger partial charge in [-0.15, -0.1) is 0 Å². The zero-order valence-electron chi connectivity index (χ0n) is 19.1. The number of nitrogens with zero attached hydrogens (tertiary/aromatic N) is 3. The number of hydrogen-bond acceptors (Lipinski definition) is 5. The van der Waals surface area contributed by atoms with E-state index in [1.54, 1.807) is 0 Å². The van der Waals surface area contributed by atoms with E-state index in [1.807, 2.05) is 12.4 Å². The number of pyridine rings is 1. The Hall–Kier alpha value is -1.86. The van der Waals surface area contributed by atoms with Gasteiger partial charge in [-0.25, -0.2) is 4.98 Å². The van der Waals surface area contributed by atoms with Crippen LogP contribution in [-0.4, -0.2) is 50.5 Å². The molecule has 5 atom stereocenters. The van der Waals surface area contributed by atoms with Crippen molar-refractivity contribution >= 4 is 29.3 Å². The molecule has 1 saturated heterocycles. The molecule has 4 heterocycles. The first-order valence-electron chi connectivity index (χ1n) is 11.9. The second-order valence-corrected chi connectivity index (χ2v) is 11.4. The molecule has 0 radical (unpaired) electrons. The predicted octanol–water partition coefficient (Wildman–Crippen LogP) is 3.30. The Bertz CT molecular complexity index is 1060. The normalized spacial score (nSPS) is 36.7. The van der Waals surface area contributed by atoms with Crippen LogP contribution >= 0.6 is 0 Å². The van der Waals surface area contributed by atoms with Crippen LogP contribution in [0, 0.1) is 23.7 Å². The van der Waals surface area contributed by atoms with Crippen molar-refractivity contribution in [1.29, 1.82) is 0 Å². The predicted molar refractivity (Wildman–Crippen MR) is 123 cm³/mol. The van der Waals surface area contributed by atoms with Crippen LogP contribution in [0.5, 0.6) is 0 Å². The third-order valence-electron chi connectivity index (χ3n) is 8.23. The zero-order chi connectivity index (χ0) is 21.5. The van der Waals surface area contributed by atoms with Gasteiger partial charge in [0.05, 0.1) is 11.3 Å².